The Bertz CT molecular complexity index is 707. The van der Waals surface area contributed by atoms with E-state index in [1.54, 1.807) is 11.0 Å². The minimum absolute atomic E-state index is 0.00108. The van der Waals surface area contributed by atoms with Gasteiger partial charge < -0.3 is 14.6 Å². The van der Waals surface area contributed by atoms with Crippen molar-refractivity contribution in [2.75, 3.05) is 6.54 Å². The molecule has 0 spiro atoms. The van der Waals surface area contributed by atoms with E-state index in [0.29, 0.717) is 25.0 Å². The fourth-order valence-electron chi connectivity index (χ4n) is 3.20. The lowest BCUT2D eigenvalue weighted by Gasteiger charge is -2.21. The first-order valence-corrected chi connectivity index (χ1v) is 9.16. The van der Waals surface area contributed by atoms with Gasteiger partial charge in [-0.2, -0.15) is 5.10 Å². The van der Waals surface area contributed by atoms with Crippen LogP contribution in [0.15, 0.2) is 29.2 Å². The Kier molecular flexibility index (Phi) is 4.46. The Morgan fingerprint density at radius 3 is 2.96 bits per heavy atom. The Hall–Kier alpha value is -2.31. The molecule has 0 saturated heterocycles. The highest BCUT2D eigenvalue weighted by Gasteiger charge is 2.37. The molecule has 1 N–H and O–H groups in total. The quantitative estimate of drug-likeness (QED) is 0.748. The molecule has 0 aromatic carbocycles. The SMILES string of the molecule is C[C@H]1C[C@H]1c1ccc(CN(C(=O)NCCCn2cncn2)C2CC2)o1. The highest BCUT2D eigenvalue weighted by molar-refractivity contribution is 5.74. The topological polar surface area (TPSA) is 76.2 Å². The van der Waals surface area contributed by atoms with Crippen LogP contribution < -0.4 is 5.32 Å². The molecule has 2 aliphatic carbocycles. The molecule has 0 bridgehead atoms. The molecular formula is C18H25N5O2. The maximum Gasteiger partial charge on any atom is 0.318 e. The molecule has 134 valence electrons. The number of aromatic nitrogens is 3. The maximum absolute atomic E-state index is 12.5. The van der Waals surface area contributed by atoms with E-state index in [4.69, 9.17) is 4.42 Å². The third kappa shape index (κ3) is 4.03. The molecule has 2 aromatic rings. The largest absolute Gasteiger partial charge is 0.464 e. The fraction of sp³-hybridized carbons (Fsp3) is 0.611. The van der Waals surface area contributed by atoms with Crippen molar-refractivity contribution in [3.8, 4) is 0 Å². The number of carbonyl (C=O) groups is 1. The number of hydrogen-bond donors (Lipinski definition) is 1. The second-order valence-corrected chi connectivity index (χ2v) is 7.23. The number of nitrogens with zero attached hydrogens (tertiary/aromatic N) is 4. The van der Waals surface area contributed by atoms with Crippen molar-refractivity contribution < 1.29 is 9.21 Å². The molecule has 2 aromatic heterocycles. The van der Waals surface area contributed by atoms with Gasteiger partial charge in [0.15, 0.2) is 0 Å². The molecular weight excluding hydrogens is 318 g/mol. The van der Waals surface area contributed by atoms with E-state index < -0.39 is 0 Å². The number of aryl methyl sites for hydroxylation is 1. The average Bonchev–Trinajstić information content (AvgIpc) is 3.46. The van der Waals surface area contributed by atoms with Gasteiger partial charge in [0.1, 0.15) is 24.2 Å². The number of urea groups is 1. The zero-order valence-corrected chi connectivity index (χ0v) is 14.6. The second-order valence-electron chi connectivity index (χ2n) is 7.23. The van der Waals surface area contributed by atoms with Gasteiger partial charge in [0.2, 0.25) is 0 Å². The number of hydrogen-bond acceptors (Lipinski definition) is 4. The van der Waals surface area contributed by atoms with Gasteiger partial charge in [-0.3, -0.25) is 4.68 Å². The van der Waals surface area contributed by atoms with Crippen molar-refractivity contribution in [2.24, 2.45) is 5.92 Å². The Morgan fingerprint density at radius 2 is 2.28 bits per heavy atom. The van der Waals surface area contributed by atoms with Crippen LogP contribution in [0, 0.1) is 5.92 Å². The van der Waals surface area contributed by atoms with E-state index in [1.165, 1.54) is 12.7 Å². The molecule has 25 heavy (non-hydrogen) atoms. The Labute approximate surface area is 147 Å². The number of rotatable bonds is 8. The first-order valence-electron chi connectivity index (χ1n) is 9.16. The Balaban J connectivity index is 1.27. The van der Waals surface area contributed by atoms with Crippen LogP contribution in [0.1, 0.15) is 50.0 Å². The molecule has 0 unspecified atom stereocenters. The van der Waals surface area contributed by atoms with Crippen molar-refractivity contribution >= 4 is 6.03 Å². The molecule has 0 radical (unpaired) electrons. The first-order chi connectivity index (χ1) is 12.2. The molecule has 2 atom stereocenters. The molecule has 2 fully saturated rings. The summed E-state index contributed by atoms with van der Waals surface area (Å²) in [6.07, 6.45) is 7.42. The molecule has 7 nitrogen and oxygen atoms in total. The van der Waals surface area contributed by atoms with Gasteiger partial charge in [0.25, 0.3) is 0 Å². The summed E-state index contributed by atoms with van der Waals surface area (Å²) in [4.78, 5) is 18.4. The lowest BCUT2D eigenvalue weighted by Crippen LogP contribution is -2.41. The van der Waals surface area contributed by atoms with Crippen LogP contribution in [0.25, 0.3) is 0 Å². The van der Waals surface area contributed by atoms with Gasteiger partial charge in [0.05, 0.1) is 6.54 Å². The van der Waals surface area contributed by atoms with Gasteiger partial charge in [-0.05, 0) is 43.7 Å². The van der Waals surface area contributed by atoms with Crippen LogP contribution in [0.5, 0.6) is 0 Å². The summed E-state index contributed by atoms with van der Waals surface area (Å²) in [6, 6.07) is 4.45. The van der Waals surface area contributed by atoms with Gasteiger partial charge in [0, 0.05) is 25.0 Å². The van der Waals surface area contributed by atoms with Crippen LogP contribution in [-0.4, -0.2) is 38.3 Å². The number of carbonyl (C=O) groups excluding carboxylic acids is 1. The summed E-state index contributed by atoms with van der Waals surface area (Å²) in [5.41, 5.74) is 0. The zero-order chi connectivity index (χ0) is 17.2. The summed E-state index contributed by atoms with van der Waals surface area (Å²) in [5.74, 6) is 3.27. The highest BCUT2D eigenvalue weighted by Crippen LogP contribution is 2.47. The van der Waals surface area contributed by atoms with Gasteiger partial charge >= 0.3 is 6.03 Å². The van der Waals surface area contributed by atoms with E-state index in [9.17, 15) is 4.79 Å². The van der Waals surface area contributed by atoms with E-state index in [0.717, 1.165) is 43.2 Å². The lowest BCUT2D eigenvalue weighted by molar-refractivity contribution is 0.186. The van der Waals surface area contributed by atoms with Crippen molar-refractivity contribution in [3.05, 3.63) is 36.3 Å². The van der Waals surface area contributed by atoms with E-state index >= 15 is 0 Å². The van der Waals surface area contributed by atoms with Crippen molar-refractivity contribution in [3.63, 3.8) is 0 Å². The van der Waals surface area contributed by atoms with Gasteiger partial charge in [-0.1, -0.05) is 6.92 Å². The number of amides is 2. The molecule has 2 amide bonds. The molecule has 7 heteroatoms. The zero-order valence-electron chi connectivity index (χ0n) is 14.6. The summed E-state index contributed by atoms with van der Waals surface area (Å²) >= 11 is 0. The van der Waals surface area contributed by atoms with Crippen LogP contribution in [0.3, 0.4) is 0 Å². The second kappa shape index (κ2) is 6.90. The molecule has 0 aliphatic heterocycles. The molecule has 2 heterocycles. The predicted molar refractivity (Wildman–Crippen MR) is 91.8 cm³/mol. The van der Waals surface area contributed by atoms with E-state index in [1.807, 2.05) is 11.0 Å². The molecule has 2 aliphatic rings. The smallest absolute Gasteiger partial charge is 0.318 e. The third-order valence-corrected chi connectivity index (χ3v) is 5.04. The van der Waals surface area contributed by atoms with E-state index in [2.05, 4.69) is 28.4 Å². The number of furan rings is 1. The standard InChI is InChI=1S/C18H25N5O2/c1-13-9-16(13)17-6-5-15(25-17)10-23(14-3-4-14)18(24)20-7-2-8-22-12-19-11-21-22/h5-6,11-14,16H,2-4,7-10H2,1H3,(H,20,24)/t13-,16+/m0/s1. The van der Waals surface area contributed by atoms with Crippen molar-refractivity contribution in [1.29, 1.82) is 0 Å². The average molecular weight is 343 g/mol. The van der Waals surface area contributed by atoms with Crippen LogP contribution in [0.2, 0.25) is 0 Å². The summed E-state index contributed by atoms with van der Waals surface area (Å²) in [5, 5.41) is 7.08. The summed E-state index contributed by atoms with van der Waals surface area (Å²) < 4.78 is 7.74. The minimum Gasteiger partial charge on any atom is -0.464 e. The molecule has 4 rings (SSSR count). The Morgan fingerprint density at radius 1 is 1.44 bits per heavy atom. The fourth-order valence-corrected chi connectivity index (χ4v) is 3.20. The predicted octanol–water partition coefficient (Wildman–Crippen LogP) is 2.76. The monoisotopic (exact) mass is 343 g/mol. The third-order valence-electron chi connectivity index (χ3n) is 5.04. The van der Waals surface area contributed by atoms with E-state index in [-0.39, 0.29) is 6.03 Å². The van der Waals surface area contributed by atoms with Crippen LogP contribution in [-0.2, 0) is 13.1 Å². The number of nitrogens with one attached hydrogen (secondary N) is 1. The maximum atomic E-state index is 12.5. The van der Waals surface area contributed by atoms with Crippen LogP contribution in [0.4, 0.5) is 4.79 Å². The van der Waals surface area contributed by atoms with Gasteiger partial charge in [-0.15, -0.1) is 0 Å². The lowest BCUT2D eigenvalue weighted by atomic mass is 10.3. The summed E-state index contributed by atoms with van der Waals surface area (Å²) in [7, 11) is 0. The minimum atomic E-state index is -0.00108. The van der Waals surface area contributed by atoms with Crippen molar-refractivity contribution in [1.82, 2.24) is 25.0 Å². The van der Waals surface area contributed by atoms with Gasteiger partial charge in [-0.25, -0.2) is 9.78 Å². The van der Waals surface area contributed by atoms with Crippen molar-refractivity contribution in [2.45, 2.75) is 57.7 Å². The van der Waals surface area contributed by atoms with Crippen LogP contribution >= 0.6 is 0 Å². The highest BCUT2D eigenvalue weighted by atomic mass is 16.3. The summed E-state index contributed by atoms with van der Waals surface area (Å²) in [6.45, 7) is 4.19. The molecule has 2 saturated carbocycles. The first kappa shape index (κ1) is 16.2. The normalized spacial score (nSPS) is 22.0.